The van der Waals surface area contributed by atoms with E-state index in [1.54, 1.807) is 4.68 Å². The zero-order chi connectivity index (χ0) is 13.4. The van der Waals surface area contributed by atoms with Crippen LogP contribution in [0, 0.1) is 6.92 Å². The average Bonchev–Trinajstić information content (AvgIpc) is 2.74. The minimum Gasteiger partial charge on any atom is -0.457 e. The number of fused-ring (bicyclic) bond motifs is 1. The lowest BCUT2D eigenvalue weighted by molar-refractivity contribution is 0.479. The summed E-state index contributed by atoms with van der Waals surface area (Å²) in [5.41, 5.74) is 9.24. The molecule has 2 N–H and O–H groups in total. The molecule has 0 saturated heterocycles. The highest BCUT2D eigenvalue weighted by molar-refractivity contribution is 5.76. The molecule has 0 bridgehead atoms. The van der Waals surface area contributed by atoms with E-state index in [1.807, 2.05) is 50.4 Å². The maximum absolute atomic E-state index is 5.85. The Morgan fingerprint density at radius 1 is 1.16 bits per heavy atom. The van der Waals surface area contributed by atoms with Crippen LogP contribution in [0.15, 0.2) is 36.4 Å². The van der Waals surface area contributed by atoms with Crippen molar-refractivity contribution in [1.29, 1.82) is 0 Å². The Kier molecular flexibility index (Phi) is 2.59. The molecule has 0 unspecified atom stereocenters. The number of nitrogen functional groups attached to an aromatic ring is 1. The lowest BCUT2D eigenvalue weighted by Gasteiger charge is -2.09. The van der Waals surface area contributed by atoms with Crippen LogP contribution < -0.4 is 10.5 Å². The van der Waals surface area contributed by atoms with E-state index in [1.165, 1.54) is 0 Å². The fraction of sp³-hybridized carbons (Fsp3) is 0.143. The Bertz CT molecular complexity index is 748. The summed E-state index contributed by atoms with van der Waals surface area (Å²) in [6.45, 7) is 1.96. The number of rotatable bonds is 2. The highest BCUT2D eigenvalue weighted by atomic mass is 16.5. The van der Waals surface area contributed by atoms with Gasteiger partial charge in [-0.15, -0.1) is 5.10 Å². The van der Waals surface area contributed by atoms with Crippen molar-refractivity contribution in [3.05, 3.63) is 42.0 Å². The molecule has 0 saturated carbocycles. The van der Waals surface area contributed by atoms with Gasteiger partial charge in [0.15, 0.2) is 0 Å². The van der Waals surface area contributed by atoms with Crippen molar-refractivity contribution in [2.75, 3.05) is 5.73 Å². The summed E-state index contributed by atoms with van der Waals surface area (Å²) in [4.78, 5) is 0. The van der Waals surface area contributed by atoms with Gasteiger partial charge >= 0.3 is 0 Å². The molecule has 0 aliphatic heterocycles. The van der Waals surface area contributed by atoms with E-state index < -0.39 is 0 Å². The monoisotopic (exact) mass is 254 g/mol. The largest absolute Gasteiger partial charge is 0.457 e. The summed E-state index contributed by atoms with van der Waals surface area (Å²) >= 11 is 0. The van der Waals surface area contributed by atoms with Gasteiger partial charge < -0.3 is 10.5 Å². The first-order chi connectivity index (χ1) is 9.13. The molecule has 3 rings (SSSR count). The van der Waals surface area contributed by atoms with Gasteiger partial charge in [0.25, 0.3) is 0 Å². The second-order valence-electron chi connectivity index (χ2n) is 4.49. The van der Waals surface area contributed by atoms with Gasteiger partial charge in [-0.25, -0.2) is 4.68 Å². The molecule has 1 aromatic heterocycles. The molecule has 2 aromatic carbocycles. The van der Waals surface area contributed by atoms with E-state index in [-0.39, 0.29) is 0 Å². The van der Waals surface area contributed by atoms with Crippen molar-refractivity contribution < 1.29 is 4.74 Å². The first kappa shape index (κ1) is 11.5. The van der Waals surface area contributed by atoms with E-state index >= 15 is 0 Å². The zero-order valence-corrected chi connectivity index (χ0v) is 10.8. The number of ether oxygens (including phenoxy) is 1. The molecule has 0 aliphatic rings. The lowest BCUT2D eigenvalue weighted by atomic mass is 10.2. The normalized spacial score (nSPS) is 10.8. The van der Waals surface area contributed by atoms with Crippen molar-refractivity contribution in [2.45, 2.75) is 6.92 Å². The second-order valence-corrected chi connectivity index (χ2v) is 4.49. The predicted octanol–water partition coefficient (Wildman–Crippen LogP) is 2.65. The van der Waals surface area contributed by atoms with E-state index in [9.17, 15) is 0 Å². The zero-order valence-electron chi connectivity index (χ0n) is 10.8. The van der Waals surface area contributed by atoms with Crippen molar-refractivity contribution in [1.82, 2.24) is 15.0 Å². The molecule has 0 radical (unpaired) electrons. The SMILES string of the molecule is Cc1cc(N)ccc1Oc1ccc2c(c1)nnn2C. The summed E-state index contributed by atoms with van der Waals surface area (Å²) in [5, 5.41) is 8.04. The van der Waals surface area contributed by atoms with Crippen LogP contribution in [0.25, 0.3) is 11.0 Å². The fourth-order valence-electron chi connectivity index (χ4n) is 2.00. The molecule has 0 fully saturated rings. The molecule has 19 heavy (non-hydrogen) atoms. The van der Waals surface area contributed by atoms with Gasteiger partial charge in [0, 0.05) is 18.8 Å². The van der Waals surface area contributed by atoms with Crippen LogP contribution in [0.5, 0.6) is 11.5 Å². The summed E-state index contributed by atoms with van der Waals surface area (Å²) in [5.74, 6) is 1.53. The van der Waals surface area contributed by atoms with Crippen LogP contribution >= 0.6 is 0 Å². The van der Waals surface area contributed by atoms with Crippen LogP contribution in [0.1, 0.15) is 5.56 Å². The van der Waals surface area contributed by atoms with Gasteiger partial charge in [-0.2, -0.15) is 0 Å². The quantitative estimate of drug-likeness (QED) is 0.714. The fourth-order valence-corrected chi connectivity index (χ4v) is 2.00. The Morgan fingerprint density at radius 3 is 2.79 bits per heavy atom. The standard InChI is InChI=1S/C14H14N4O/c1-9-7-10(15)3-6-14(9)19-11-4-5-13-12(8-11)16-17-18(13)2/h3-8H,15H2,1-2H3. The highest BCUT2D eigenvalue weighted by Crippen LogP contribution is 2.28. The van der Waals surface area contributed by atoms with Crippen LogP contribution in [-0.4, -0.2) is 15.0 Å². The maximum Gasteiger partial charge on any atom is 0.130 e. The van der Waals surface area contributed by atoms with Crippen LogP contribution in [-0.2, 0) is 7.05 Å². The van der Waals surface area contributed by atoms with Crippen molar-refractivity contribution in [3.63, 3.8) is 0 Å². The Morgan fingerprint density at radius 2 is 2.00 bits per heavy atom. The smallest absolute Gasteiger partial charge is 0.130 e. The first-order valence-corrected chi connectivity index (χ1v) is 5.97. The van der Waals surface area contributed by atoms with Crippen LogP contribution in [0.4, 0.5) is 5.69 Å². The number of nitrogens with zero attached hydrogens (tertiary/aromatic N) is 3. The molecular formula is C14H14N4O. The molecule has 0 spiro atoms. The van der Waals surface area contributed by atoms with Crippen molar-refractivity contribution >= 4 is 16.7 Å². The number of nitrogens with two attached hydrogens (primary N) is 1. The Balaban J connectivity index is 1.96. The maximum atomic E-state index is 5.85. The van der Waals surface area contributed by atoms with Gasteiger partial charge in [0.1, 0.15) is 17.0 Å². The number of benzene rings is 2. The van der Waals surface area contributed by atoms with Crippen LogP contribution in [0.3, 0.4) is 0 Å². The minimum absolute atomic E-state index is 0.731. The number of hydrogen-bond acceptors (Lipinski definition) is 4. The Labute approximate surface area is 110 Å². The highest BCUT2D eigenvalue weighted by Gasteiger charge is 2.06. The van der Waals surface area contributed by atoms with Gasteiger partial charge in [-0.3, -0.25) is 0 Å². The minimum atomic E-state index is 0.731. The molecule has 0 aliphatic carbocycles. The summed E-state index contributed by atoms with van der Waals surface area (Å²) in [6, 6.07) is 11.3. The molecule has 96 valence electrons. The van der Waals surface area contributed by atoms with Crippen molar-refractivity contribution in [3.8, 4) is 11.5 Å². The summed E-state index contributed by atoms with van der Waals surface area (Å²) in [7, 11) is 1.86. The molecule has 1 heterocycles. The lowest BCUT2D eigenvalue weighted by Crippen LogP contribution is -1.91. The number of hydrogen-bond donors (Lipinski definition) is 1. The predicted molar refractivity (Wildman–Crippen MR) is 74.2 cm³/mol. The van der Waals surface area contributed by atoms with E-state index in [4.69, 9.17) is 10.5 Å². The summed E-state index contributed by atoms with van der Waals surface area (Å²) < 4.78 is 7.58. The Hall–Kier alpha value is -2.56. The number of aromatic nitrogens is 3. The number of anilines is 1. The van der Waals surface area contributed by atoms with Gasteiger partial charge in [-0.1, -0.05) is 5.21 Å². The van der Waals surface area contributed by atoms with Gasteiger partial charge in [0.05, 0.1) is 5.52 Å². The topological polar surface area (TPSA) is 66.0 Å². The molecular weight excluding hydrogens is 240 g/mol. The van der Waals surface area contributed by atoms with E-state index in [2.05, 4.69) is 10.3 Å². The summed E-state index contributed by atoms with van der Waals surface area (Å²) in [6.07, 6.45) is 0. The molecule has 0 amide bonds. The third kappa shape index (κ3) is 2.10. The third-order valence-corrected chi connectivity index (χ3v) is 3.01. The van der Waals surface area contributed by atoms with Crippen molar-refractivity contribution in [2.24, 2.45) is 7.05 Å². The second kappa shape index (κ2) is 4.28. The van der Waals surface area contributed by atoms with E-state index in [0.29, 0.717) is 0 Å². The van der Waals surface area contributed by atoms with Gasteiger partial charge in [-0.05, 0) is 42.8 Å². The first-order valence-electron chi connectivity index (χ1n) is 5.97. The van der Waals surface area contributed by atoms with Gasteiger partial charge in [0.2, 0.25) is 0 Å². The molecule has 5 heteroatoms. The van der Waals surface area contributed by atoms with E-state index in [0.717, 1.165) is 33.8 Å². The molecule has 5 nitrogen and oxygen atoms in total. The third-order valence-electron chi connectivity index (χ3n) is 3.01. The average molecular weight is 254 g/mol. The van der Waals surface area contributed by atoms with Crippen LogP contribution in [0.2, 0.25) is 0 Å². The molecule has 3 aromatic rings. The number of aryl methyl sites for hydroxylation is 2. The molecule has 0 atom stereocenters.